The van der Waals surface area contributed by atoms with E-state index in [0.717, 1.165) is 24.3 Å². The van der Waals surface area contributed by atoms with Crippen molar-refractivity contribution >= 4 is 11.7 Å². The Balaban J connectivity index is 1.74. The number of furan rings is 1. The van der Waals surface area contributed by atoms with E-state index >= 15 is 0 Å². The Kier molecular flexibility index (Phi) is 7.70. The lowest BCUT2D eigenvalue weighted by Gasteiger charge is -2.28. The monoisotopic (exact) mass is 387 g/mol. The van der Waals surface area contributed by atoms with Crippen LogP contribution in [0.5, 0.6) is 0 Å². The lowest BCUT2D eigenvalue weighted by atomic mass is 9.82. The molecule has 3 rings (SSSR count). The Morgan fingerprint density at radius 3 is 2.89 bits per heavy atom. The quantitative estimate of drug-likeness (QED) is 0.349. The molecule has 0 spiro atoms. The van der Waals surface area contributed by atoms with Gasteiger partial charge in [-0.05, 0) is 37.8 Å². The molecule has 2 heterocycles. The first-order valence-electron chi connectivity index (χ1n) is 10.2. The van der Waals surface area contributed by atoms with E-state index in [9.17, 15) is 4.79 Å². The molecule has 0 bridgehead atoms. The van der Waals surface area contributed by atoms with E-state index in [1.54, 1.807) is 12.5 Å². The average Bonchev–Trinajstić information content (AvgIpc) is 3.40. The number of rotatable bonds is 11. The van der Waals surface area contributed by atoms with Gasteiger partial charge in [-0.15, -0.1) is 0 Å². The van der Waals surface area contributed by atoms with Crippen molar-refractivity contribution < 1.29 is 19.2 Å². The molecule has 2 aromatic heterocycles. The third kappa shape index (κ3) is 5.97. The highest BCUT2D eigenvalue weighted by Gasteiger charge is 2.29. The van der Waals surface area contributed by atoms with Crippen molar-refractivity contribution in [2.45, 2.75) is 63.8 Å². The zero-order chi connectivity index (χ0) is 19.6. The molecule has 0 saturated heterocycles. The summed E-state index contributed by atoms with van der Waals surface area (Å²) < 4.78 is 7.67. The number of hydrogen-bond acceptors (Lipinski definition) is 5. The Bertz CT molecular complexity index is 719. The van der Waals surface area contributed by atoms with Crippen LogP contribution in [0, 0.1) is 5.92 Å². The van der Waals surface area contributed by atoms with Crippen LogP contribution in [0.25, 0.3) is 0 Å². The van der Waals surface area contributed by atoms with Gasteiger partial charge in [0, 0.05) is 31.2 Å². The van der Waals surface area contributed by atoms with E-state index in [1.807, 2.05) is 24.7 Å². The minimum absolute atomic E-state index is 0.00392. The van der Waals surface area contributed by atoms with E-state index < -0.39 is 5.97 Å². The predicted molar refractivity (Wildman–Crippen MR) is 105 cm³/mol. The summed E-state index contributed by atoms with van der Waals surface area (Å²) in [6.45, 7) is 0.431. The molecule has 7 heteroatoms. The lowest BCUT2D eigenvalue weighted by molar-refractivity contribution is -0.137. The van der Waals surface area contributed by atoms with Gasteiger partial charge in [0.2, 0.25) is 0 Å². The Morgan fingerprint density at radius 1 is 1.36 bits per heavy atom. The van der Waals surface area contributed by atoms with Crippen LogP contribution in [0.3, 0.4) is 0 Å². The van der Waals surface area contributed by atoms with Crippen LogP contribution < -0.4 is 0 Å². The highest BCUT2D eigenvalue weighted by molar-refractivity contribution is 5.90. The number of aliphatic carboxylic acids is 1. The highest BCUT2D eigenvalue weighted by Crippen LogP contribution is 2.31. The van der Waals surface area contributed by atoms with Crippen molar-refractivity contribution in [3.63, 3.8) is 0 Å². The molecule has 1 N–H and O–H groups in total. The van der Waals surface area contributed by atoms with E-state index in [4.69, 9.17) is 14.4 Å². The molecular formula is C21H29N3O4. The highest BCUT2D eigenvalue weighted by atomic mass is 16.6. The van der Waals surface area contributed by atoms with Crippen molar-refractivity contribution in [2.24, 2.45) is 11.1 Å². The third-order valence-electron chi connectivity index (χ3n) is 5.27. The second kappa shape index (κ2) is 10.7. The third-order valence-corrected chi connectivity index (χ3v) is 5.27. The van der Waals surface area contributed by atoms with Gasteiger partial charge in [0.15, 0.2) is 0 Å². The van der Waals surface area contributed by atoms with Gasteiger partial charge >= 0.3 is 5.97 Å². The normalized spacial score (nSPS) is 16.8. The molecule has 28 heavy (non-hydrogen) atoms. The van der Waals surface area contributed by atoms with Gasteiger partial charge in [-0.3, -0.25) is 4.79 Å². The van der Waals surface area contributed by atoms with E-state index in [2.05, 4.69) is 14.7 Å². The molecule has 1 saturated carbocycles. The van der Waals surface area contributed by atoms with Crippen LogP contribution in [0.2, 0.25) is 0 Å². The predicted octanol–water partition coefficient (Wildman–Crippen LogP) is 4.47. The molecule has 1 unspecified atom stereocenters. The number of unbranched alkanes of at least 4 members (excludes halogenated alkanes) is 1. The van der Waals surface area contributed by atoms with Gasteiger partial charge in [-0.2, -0.15) is 0 Å². The average molecular weight is 387 g/mol. The largest absolute Gasteiger partial charge is 0.481 e. The molecule has 1 aliphatic rings. The molecule has 0 aliphatic heterocycles. The van der Waals surface area contributed by atoms with Gasteiger partial charge in [-0.1, -0.05) is 24.4 Å². The number of carbonyl (C=O) groups is 1. The number of hydrogen-bond donors (Lipinski definition) is 1. The number of nitrogens with zero attached hydrogens (tertiary/aromatic N) is 3. The van der Waals surface area contributed by atoms with Gasteiger partial charge in [0.05, 0.1) is 24.3 Å². The maximum absolute atomic E-state index is 10.6. The fourth-order valence-corrected chi connectivity index (χ4v) is 3.80. The summed E-state index contributed by atoms with van der Waals surface area (Å²) in [5.74, 6) is 0.517. The summed E-state index contributed by atoms with van der Waals surface area (Å²) in [7, 11) is 0. The number of carboxylic acid groups (broad SMARTS) is 1. The Labute approximate surface area is 165 Å². The standard InChI is InChI=1S/C21H29N3O4/c25-20(26)10-4-5-14-28-23-21(17-7-2-1-3-8-17)19(24-12-11-22-16-24)15-18-9-6-13-27-18/h6,9,11-13,16-17,19H,1-5,7-8,10,14-15H2,(H,25,26). The van der Waals surface area contributed by atoms with Gasteiger partial charge < -0.3 is 18.9 Å². The Morgan fingerprint density at radius 2 is 2.21 bits per heavy atom. The van der Waals surface area contributed by atoms with Crippen LogP contribution in [0.1, 0.15) is 63.2 Å². The number of carboxylic acids is 1. The summed E-state index contributed by atoms with van der Waals surface area (Å²) in [4.78, 5) is 20.5. The minimum Gasteiger partial charge on any atom is -0.481 e. The van der Waals surface area contributed by atoms with Crippen molar-refractivity contribution in [1.82, 2.24) is 9.55 Å². The van der Waals surface area contributed by atoms with E-state index in [0.29, 0.717) is 31.8 Å². The van der Waals surface area contributed by atoms with Crippen LogP contribution in [0.15, 0.2) is 46.7 Å². The molecule has 0 aromatic carbocycles. The van der Waals surface area contributed by atoms with Crippen LogP contribution in [-0.4, -0.2) is 32.9 Å². The number of imidazole rings is 1. The first-order valence-corrected chi connectivity index (χ1v) is 10.2. The second-order valence-corrected chi connectivity index (χ2v) is 7.34. The number of oxime groups is 1. The van der Waals surface area contributed by atoms with E-state index in [-0.39, 0.29) is 12.5 Å². The summed E-state index contributed by atoms with van der Waals surface area (Å²) in [6.07, 6.45) is 15.3. The molecular weight excluding hydrogens is 358 g/mol. The zero-order valence-electron chi connectivity index (χ0n) is 16.2. The summed E-state index contributed by atoms with van der Waals surface area (Å²) in [5.41, 5.74) is 1.03. The minimum atomic E-state index is -0.773. The molecule has 0 radical (unpaired) electrons. The first kappa shape index (κ1) is 20.2. The molecule has 1 atom stereocenters. The maximum atomic E-state index is 10.6. The lowest BCUT2D eigenvalue weighted by Crippen LogP contribution is -2.29. The fraction of sp³-hybridized carbons (Fsp3) is 0.571. The number of aromatic nitrogens is 2. The van der Waals surface area contributed by atoms with Gasteiger partial charge in [0.25, 0.3) is 0 Å². The molecule has 7 nitrogen and oxygen atoms in total. The molecule has 1 aliphatic carbocycles. The first-order chi connectivity index (χ1) is 13.7. The Hall–Kier alpha value is -2.57. The molecule has 1 fully saturated rings. The SMILES string of the molecule is O=C(O)CCCCON=C(C1CCCCC1)C(Cc1ccco1)n1ccnc1. The summed E-state index contributed by atoms with van der Waals surface area (Å²) in [6, 6.07) is 3.88. The molecule has 2 aromatic rings. The van der Waals surface area contributed by atoms with Gasteiger partial charge in [-0.25, -0.2) is 4.98 Å². The second-order valence-electron chi connectivity index (χ2n) is 7.34. The molecule has 152 valence electrons. The van der Waals surface area contributed by atoms with Crippen LogP contribution in [-0.2, 0) is 16.1 Å². The zero-order valence-corrected chi connectivity index (χ0v) is 16.2. The van der Waals surface area contributed by atoms with Crippen molar-refractivity contribution in [3.8, 4) is 0 Å². The van der Waals surface area contributed by atoms with Crippen molar-refractivity contribution in [3.05, 3.63) is 42.9 Å². The van der Waals surface area contributed by atoms with Crippen LogP contribution in [0.4, 0.5) is 0 Å². The van der Waals surface area contributed by atoms with Gasteiger partial charge in [0.1, 0.15) is 12.4 Å². The summed E-state index contributed by atoms with van der Waals surface area (Å²) in [5, 5.41) is 13.3. The fourth-order valence-electron chi connectivity index (χ4n) is 3.80. The van der Waals surface area contributed by atoms with Crippen molar-refractivity contribution in [2.75, 3.05) is 6.61 Å². The summed E-state index contributed by atoms with van der Waals surface area (Å²) >= 11 is 0. The van der Waals surface area contributed by atoms with Crippen molar-refractivity contribution in [1.29, 1.82) is 0 Å². The van der Waals surface area contributed by atoms with E-state index in [1.165, 1.54) is 19.3 Å². The maximum Gasteiger partial charge on any atom is 0.303 e. The topological polar surface area (TPSA) is 89.9 Å². The smallest absolute Gasteiger partial charge is 0.303 e. The van der Waals surface area contributed by atoms with Crippen LogP contribution >= 0.6 is 0 Å². The molecule has 0 amide bonds.